The van der Waals surface area contributed by atoms with Gasteiger partial charge >= 0.3 is 0 Å². The van der Waals surface area contributed by atoms with Crippen molar-refractivity contribution in [3.63, 3.8) is 0 Å². The summed E-state index contributed by atoms with van der Waals surface area (Å²) in [7, 11) is 0. The second-order valence-corrected chi connectivity index (χ2v) is 7.57. The standard InChI is InChI=1S/C17H22ClNS/c1-17(2,3)19-12-13(11-14-7-6-10-20-14)15-8-4-5-9-16(15)18/h4-10,13,19H,11-12H2,1-3H3. The van der Waals surface area contributed by atoms with Crippen LogP contribution in [0.5, 0.6) is 0 Å². The molecule has 2 rings (SSSR count). The summed E-state index contributed by atoms with van der Waals surface area (Å²) in [6, 6.07) is 12.5. The van der Waals surface area contributed by atoms with E-state index in [0.29, 0.717) is 5.92 Å². The number of benzene rings is 1. The van der Waals surface area contributed by atoms with E-state index in [1.165, 1.54) is 10.4 Å². The first-order valence-electron chi connectivity index (χ1n) is 6.97. The highest BCUT2D eigenvalue weighted by molar-refractivity contribution is 7.09. The van der Waals surface area contributed by atoms with Crippen LogP contribution in [-0.2, 0) is 6.42 Å². The zero-order chi connectivity index (χ0) is 14.6. The maximum atomic E-state index is 6.38. The van der Waals surface area contributed by atoms with Gasteiger partial charge in [-0.3, -0.25) is 0 Å². The van der Waals surface area contributed by atoms with E-state index in [4.69, 9.17) is 11.6 Å². The highest BCUT2D eigenvalue weighted by Crippen LogP contribution is 2.28. The topological polar surface area (TPSA) is 12.0 Å². The molecule has 3 heteroatoms. The molecule has 1 nitrogen and oxygen atoms in total. The first-order chi connectivity index (χ1) is 9.46. The van der Waals surface area contributed by atoms with Gasteiger partial charge in [-0.15, -0.1) is 11.3 Å². The fourth-order valence-corrected chi connectivity index (χ4v) is 3.28. The quantitative estimate of drug-likeness (QED) is 0.809. The minimum Gasteiger partial charge on any atom is -0.311 e. The Kier molecular flexibility index (Phi) is 5.25. The average molecular weight is 308 g/mol. The van der Waals surface area contributed by atoms with Gasteiger partial charge in [-0.25, -0.2) is 0 Å². The number of halogens is 1. The fourth-order valence-electron chi connectivity index (χ4n) is 2.20. The molecule has 1 unspecified atom stereocenters. The highest BCUT2D eigenvalue weighted by Gasteiger charge is 2.18. The zero-order valence-electron chi connectivity index (χ0n) is 12.3. The summed E-state index contributed by atoms with van der Waals surface area (Å²) in [5.41, 5.74) is 1.36. The van der Waals surface area contributed by atoms with Gasteiger partial charge in [-0.2, -0.15) is 0 Å². The van der Waals surface area contributed by atoms with E-state index < -0.39 is 0 Å². The molecule has 0 amide bonds. The van der Waals surface area contributed by atoms with Crippen LogP contribution in [0, 0.1) is 0 Å². The molecule has 0 aliphatic heterocycles. The van der Waals surface area contributed by atoms with E-state index in [1.54, 1.807) is 0 Å². The molecule has 0 bridgehead atoms. The molecule has 1 aromatic carbocycles. The average Bonchev–Trinajstić information content (AvgIpc) is 2.87. The third kappa shape index (κ3) is 4.62. The molecule has 0 aliphatic rings. The Bertz CT molecular complexity index is 528. The van der Waals surface area contributed by atoms with E-state index in [2.05, 4.69) is 55.7 Å². The highest BCUT2D eigenvalue weighted by atomic mass is 35.5. The van der Waals surface area contributed by atoms with Crippen molar-refractivity contribution in [3.05, 3.63) is 57.2 Å². The largest absolute Gasteiger partial charge is 0.311 e. The molecule has 1 heterocycles. The number of hydrogen-bond donors (Lipinski definition) is 1. The van der Waals surface area contributed by atoms with Crippen LogP contribution in [0.25, 0.3) is 0 Å². The molecular formula is C17H22ClNS. The van der Waals surface area contributed by atoms with Crippen molar-refractivity contribution < 1.29 is 0 Å². The van der Waals surface area contributed by atoms with Gasteiger partial charge in [0.25, 0.3) is 0 Å². The molecular weight excluding hydrogens is 286 g/mol. The summed E-state index contributed by atoms with van der Waals surface area (Å²) < 4.78 is 0. The van der Waals surface area contributed by atoms with Gasteiger partial charge in [0.05, 0.1) is 0 Å². The lowest BCUT2D eigenvalue weighted by Gasteiger charge is -2.26. The maximum absolute atomic E-state index is 6.38. The van der Waals surface area contributed by atoms with Crippen molar-refractivity contribution >= 4 is 22.9 Å². The fraction of sp³-hybridized carbons (Fsp3) is 0.412. The monoisotopic (exact) mass is 307 g/mol. The van der Waals surface area contributed by atoms with Crippen molar-refractivity contribution in [3.8, 4) is 0 Å². The van der Waals surface area contributed by atoms with E-state index in [-0.39, 0.29) is 5.54 Å². The van der Waals surface area contributed by atoms with Crippen molar-refractivity contribution in [2.75, 3.05) is 6.54 Å². The molecule has 0 aliphatic carbocycles. The molecule has 1 aromatic heterocycles. The third-order valence-electron chi connectivity index (χ3n) is 3.25. The Morgan fingerprint density at radius 3 is 2.50 bits per heavy atom. The van der Waals surface area contributed by atoms with Crippen molar-refractivity contribution in [1.82, 2.24) is 5.32 Å². The maximum Gasteiger partial charge on any atom is 0.0441 e. The summed E-state index contributed by atoms with van der Waals surface area (Å²) in [4.78, 5) is 1.41. The van der Waals surface area contributed by atoms with E-state index >= 15 is 0 Å². The molecule has 2 aromatic rings. The Morgan fingerprint density at radius 1 is 1.15 bits per heavy atom. The summed E-state index contributed by atoms with van der Waals surface area (Å²) in [6.07, 6.45) is 1.03. The Labute approximate surface area is 131 Å². The summed E-state index contributed by atoms with van der Waals surface area (Å²) >= 11 is 8.20. The van der Waals surface area contributed by atoms with Crippen molar-refractivity contribution in [1.29, 1.82) is 0 Å². The molecule has 0 fully saturated rings. The summed E-state index contributed by atoms with van der Waals surface area (Å²) in [6.45, 7) is 7.52. The lowest BCUT2D eigenvalue weighted by molar-refractivity contribution is 0.405. The van der Waals surface area contributed by atoms with Crippen molar-refractivity contribution in [2.45, 2.75) is 38.6 Å². The van der Waals surface area contributed by atoms with Crippen LogP contribution in [0.1, 0.15) is 37.1 Å². The van der Waals surface area contributed by atoms with Gasteiger partial charge in [0.2, 0.25) is 0 Å². The van der Waals surface area contributed by atoms with Crippen LogP contribution in [0.2, 0.25) is 5.02 Å². The van der Waals surface area contributed by atoms with Gasteiger partial charge in [-0.05, 0) is 50.3 Å². The predicted molar refractivity (Wildman–Crippen MR) is 90.0 cm³/mol. The predicted octanol–water partition coefficient (Wildman–Crippen LogP) is 5.12. The normalized spacial score (nSPS) is 13.4. The van der Waals surface area contributed by atoms with Crippen molar-refractivity contribution in [2.24, 2.45) is 0 Å². The molecule has 1 atom stereocenters. The second-order valence-electron chi connectivity index (χ2n) is 6.13. The minimum atomic E-state index is 0.120. The van der Waals surface area contributed by atoms with Gasteiger partial charge in [0, 0.05) is 27.9 Å². The number of nitrogens with one attached hydrogen (secondary N) is 1. The SMILES string of the molecule is CC(C)(C)NCC(Cc1cccs1)c1ccccc1Cl. The Morgan fingerprint density at radius 2 is 1.90 bits per heavy atom. The van der Waals surface area contributed by atoms with Gasteiger partial charge < -0.3 is 5.32 Å². The molecule has 0 spiro atoms. The smallest absolute Gasteiger partial charge is 0.0441 e. The first-order valence-corrected chi connectivity index (χ1v) is 8.23. The molecule has 0 saturated heterocycles. The molecule has 0 radical (unpaired) electrons. The van der Waals surface area contributed by atoms with E-state index in [1.807, 2.05) is 23.5 Å². The zero-order valence-corrected chi connectivity index (χ0v) is 13.9. The van der Waals surface area contributed by atoms with E-state index in [9.17, 15) is 0 Å². The molecule has 1 N–H and O–H groups in total. The molecule has 20 heavy (non-hydrogen) atoms. The lowest BCUT2D eigenvalue weighted by Crippen LogP contribution is -2.39. The lowest BCUT2D eigenvalue weighted by atomic mass is 9.93. The second kappa shape index (κ2) is 6.75. The van der Waals surface area contributed by atoms with Crippen LogP contribution in [0.15, 0.2) is 41.8 Å². The van der Waals surface area contributed by atoms with Gasteiger partial charge in [-0.1, -0.05) is 35.9 Å². The van der Waals surface area contributed by atoms with Crippen LogP contribution < -0.4 is 5.32 Å². The first kappa shape index (κ1) is 15.6. The number of thiophene rings is 1. The molecule has 108 valence electrons. The summed E-state index contributed by atoms with van der Waals surface area (Å²) in [5, 5.41) is 6.61. The Hall–Kier alpha value is -0.830. The Balaban J connectivity index is 2.17. The summed E-state index contributed by atoms with van der Waals surface area (Å²) in [5.74, 6) is 0.404. The van der Waals surface area contributed by atoms with Crippen LogP contribution in [0.3, 0.4) is 0 Å². The minimum absolute atomic E-state index is 0.120. The van der Waals surface area contributed by atoms with Gasteiger partial charge in [0.15, 0.2) is 0 Å². The van der Waals surface area contributed by atoms with E-state index in [0.717, 1.165) is 18.0 Å². The van der Waals surface area contributed by atoms with Crippen LogP contribution >= 0.6 is 22.9 Å². The van der Waals surface area contributed by atoms with Crippen LogP contribution in [-0.4, -0.2) is 12.1 Å². The van der Waals surface area contributed by atoms with Crippen LogP contribution in [0.4, 0.5) is 0 Å². The molecule has 0 saturated carbocycles. The number of rotatable bonds is 5. The number of hydrogen-bond acceptors (Lipinski definition) is 2. The third-order valence-corrected chi connectivity index (χ3v) is 4.49. The van der Waals surface area contributed by atoms with Gasteiger partial charge in [0.1, 0.15) is 0 Å².